The first-order valence-corrected chi connectivity index (χ1v) is 13.3. The predicted molar refractivity (Wildman–Crippen MR) is 148 cm³/mol. The van der Waals surface area contributed by atoms with Crippen molar-refractivity contribution in [2.75, 3.05) is 0 Å². The predicted octanol–water partition coefficient (Wildman–Crippen LogP) is 7.78. The van der Waals surface area contributed by atoms with Gasteiger partial charge in [0.1, 0.15) is 11.2 Å². The Hall–Kier alpha value is -2.62. The number of benzene rings is 4. The molecule has 184 valence electrons. The van der Waals surface area contributed by atoms with Crippen LogP contribution in [-0.2, 0) is 24.0 Å². The average molecular weight is 517 g/mol. The second kappa shape index (κ2) is 9.68. The topological polar surface area (TPSA) is 40.5 Å². The van der Waals surface area contributed by atoms with Crippen molar-refractivity contribution in [1.82, 2.24) is 0 Å². The van der Waals surface area contributed by atoms with Gasteiger partial charge in [-0.15, -0.1) is 0 Å². The fraction of sp³-hybridized carbons (Fsp3) is 0.250. The van der Waals surface area contributed by atoms with Crippen LogP contribution in [0.1, 0.15) is 71.2 Å². The third-order valence-electron chi connectivity index (χ3n) is 7.35. The molecule has 0 spiro atoms. The van der Waals surface area contributed by atoms with Crippen LogP contribution < -0.4 is 0 Å². The highest BCUT2D eigenvalue weighted by atomic mass is 35.5. The number of hydrogen-bond acceptors (Lipinski definition) is 2. The second-order valence-corrected chi connectivity index (χ2v) is 10.5. The van der Waals surface area contributed by atoms with Gasteiger partial charge in [0.2, 0.25) is 0 Å². The zero-order valence-electron chi connectivity index (χ0n) is 20.6. The molecule has 0 fully saturated rings. The van der Waals surface area contributed by atoms with E-state index in [1.807, 2.05) is 72.8 Å². The van der Waals surface area contributed by atoms with Gasteiger partial charge in [0, 0.05) is 21.2 Å². The molecule has 5 rings (SSSR count). The average Bonchev–Trinajstić information content (AvgIpc) is 2.90. The molecular weight excluding hydrogens is 487 g/mol. The molecule has 36 heavy (non-hydrogen) atoms. The molecule has 2 nitrogen and oxygen atoms in total. The number of hydrogen-bond donors (Lipinski definition) is 2. The SMILES string of the molecule is CCCc1ccc(C2(O)c3ccccc3C(O)(c3ccc(CCC)cc3)c3c(Cl)ccc(Cl)c32)cc1. The lowest BCUT2D eigenvalue weighted by Gasteiger charge is -2.46. The third-order valence-corrected chi connectivity index (χ3v) is 7.98. The summed E-state index contributed by atoms with van der Waals surface area (Å²) >= 11 is 13.7. The summed E-state index contributed by atoms with van der Waals surface area (Å²) in [6, 6.07) is 26.9. The van der Waals surface area contributed by atoms with Crippen molar-refractivity contribution < 1.29 is 10.2 Å². The Kier molecular flexibility index (Phi) is 6.74. The summed E-state index contributed by atoms with van der Waals surface area (Å²) < 4.78 is 0. The number of rotatable bonds is 6. The summed E-state index contributed by atoms with van der Waals surface area (Å²) in [4.78, 5) is 0. The van der Waals surface area contributed by atoms with E-state index in [-0.39, 0.29) is 0 Å². The van der Waals surface area contributed by atoms with Crippen LogP contribution in [0.4, 0.5) is 0 Å². The molecular formula is C32H30Cl2O2. The van der Waals surface area contributed by atoms with Gasteiger partial charge in [-0.05, 0) is 58.4 Å². The smallest absolute Gasteiger partial charge is 0.142 e. The first-order chi connectivity index (χ1) is 17.3. The molecule has 0 amide bonds. The van der Waals surface area contributed by atoms with Crippen LogP contribution >= 0.6 is 23.2 Å². The Labute approximate surface area is 223 Å². The van der Waals surface area contributed by atoms with Crippen LogP contribution in [0.25, 0.3) is 0 Å². The molecule has 2 atom stereocenters. The molecule has 0 radical (unpaired) electrons. The molecule has 2 N–H and O–H groups in total. The van der Waals surface area contributed by atoms with Crippen LogP contribution in [0.3, 0.4) is 0 Å². The minimum Gasteiger partial charge on any atom is -0.376 e. The highest BCUT2D eigenvalue weighted by molar-refractivity contribution is 6.34. The standard InChI is InChI=1S/C32H30Cl2O2/c1-3-7-21-11-15-23(16-12-21)31(35)25-9-5-6-10-26(25)32(36,24-17-13-22(8-4-2)14-18-24)30-28(34)20-19-27(33)29(30)31/h5-6,9-20,35-36H,3-4,7-8H2,1-2H3. The minimum absolute atomic E-state index is 0.352. The monoisotopic (exact) mass is 516 g/mol. The Morgan fingerprint density at radius 2 is 0.917 bits per heavy atom. The van der Waals surface area contributed by atoms with Gasteiger partial charge in [-0.25, -0.2) is 0 Å². The van der Waals surface area contributed by atoms with Crippen molar-refractivity contribution in [3.8, 4) is 0 Å². The molecule has 0 aromatic heterocycles. The highest BCUT2D eigenvalue weighted by Gasteiger charge is 2.53. The summed E-state index contributed by atoms with van der Waals surface area (Å²) in [5.74, 6) is 0. The lowest BCUT2D eigenvalue weighted by atomic mass is 9.63. The number of halogens is 2. The van der Waals surface area contributed by atoms with Gasteiger partial charge in [0.05, 0.1) is 0 Å². The summed E-state index contributed by atoms with van der Waals surface area (Å²) in [6.07, 6.45) is 4.01. The van der Waals surface area contributed by atoms with E-state index in [2.05, 4.69) is 13.8 Å². The van der Waals surface area contributed by atoms with E-state index in [9.17, 15) is 10.2 Å². The highest BCUT2D eigenvalue weighted by Crippen LogP contribution is 2.56. The van der Waals surface area contributed by atoms with E-state index in [1.165, 1.54) is 11.1 Å². The van der Waals surface area contributed by atoms with Crippen LogP contribution in [0.2, 0.25) is 10.0 Å². The Morgan fingerprint density at radius 3 is 1.25 bits per heavy atom. The van der Waals surface area contributed by atoms with E-state index in [0.717, 1.165) is 25.7 Å². The molecule has 1 aliphatic carbocycles. The van der Waals surface area contributed by atoms with Crippen LogP contribution in [0.15, 0.2) is 84.9 Å². The van der Waals surface area contributed by atoms with E-state index >= 15 is 0 Å². The maximum absolute atomic E-state index is 12.6. The molecule has 4 aromatic carbocycles. The van der Waals surface area contributed by atoms with Gasteiger partial charge in [0.25, 0.3) is 0 Å². The molecule has 0 heterocycles. The molecule has 0 saturated carbocycles. The maximum Gasteiger partial charge on any atom is 0.142 e. The lowest BCUT2D eigenvalue weighted by molar-refractivity contribution is 0.0749. The molecule has 0 aliphatic heterocycles. The normalized spacial score (nSPS) is 20.6. The minimum atomic E-state index is -1.59. The van der Waals surface area contributed by atoms with Crippen molar-refractivity contribution >= 4 is 23.2 Å². The number of fused-ring (bicyclic) bond motifs is 2. The van der Waals surface area contributed by atoms with Gasteiger partial charge < -0.3 is 10.2 Å². The van der Waals surface area contributed by atoms with E-state index < -0.39 is 11.2 Å². The maximum atomic E-state index is 12.6. The fourth-order valence-electron chi connectivity index (χ4n) is 5.64. The van der Waals surface area contributed by atoms with Gasteiger partial charge in [-0.1, -0.05) is 123 Å². The van der Waals surface area contributed by atoms with Gasteiger partial charge in [-0.2, -0.15) is 0 Å². The first-order valence-electron chi connectivity index (χ1n) is 12.6. The molecule has 4 aromatic rings. The zero-order valence-corrected chi connectivity index (χ0v) is 22.1. The fourth-order valence-corrected chi connectivity index (χ4v) is 6.23. The van der Waals surface area contributed by atoms with Crippen molar-refractivity contribution in [3.05, 3.63) is 139 Å². The molecule has 4 heteroatoms. The Balaban J connectivity index is 1.82. The lowest BCUT2D eigenvalue weighted by Crippen LogP contribution is -2.44. The van der Waals surface area contributed by atoms with Crippen LogP contribution in [-0.4, -0.2) is 10.2 Å². The van der Waals surface area contributed by atoms with Gasteiger partial charge in [-0.3, -0.25) is 0 Å². The first kappa shape index (κ1) is 25.0. The molecule has 1 aliphatic rings. The summed E-state index contributed by atoms with van der Waals surface area (Å²) in [5, 5.41) is 25.9. The third kappa shape index (κ3) is 3.79. The Bertz CT molecular complexity index is 1290. The zero-order chi connectivity index (χ0) is 25.5. The second-order valence-electron chi connectivity index (χ2n) is 9.64. The van der Waals surface area contributed by atoms with Crippen molar-refractivity contribution in [2.45, 2.75) is 50.7 Å². The summed E-state index contributed by atoms with van der Waals surface area (Å²) in [5.41, 5.74) is 2.60. The molecule has 2 unspecified atom stereocenters. The van der Waals surface area contributed by atoms with Gasteiger partial charge >= 0.3 is 0 Å². The van der Waals surface area contributed by atoms with Crippen molar-refractivity contribution in [1.29, 1.82) is 0 Å². The van der Waals surface area contributed by atoms with Crippen LogP contribution in [0.5, 0.6) is 0 Å². The van der Waals surface area contributed by atoms with Crippen molar-refractivity contribution in [2.24, 2.45) is 0 Å². The number of aliphatic hydroxyl groups is 2. The molecule has 0 bridgehead atoms. The van der Waals surface area contributed by atoms with E-state index in [1.54, 1.807) is 12.1 Å². The largest absolute Gasteiger partial charge is 0.376 e. The number of aryl methyl sites for hydroxylation is 2. The molecule has 0 saturated heterocycles. The Morgan fingerprint density at radius 1 is 0.556 bits per heavy atom. The summed E-state index contributed by atoms with van der Waals surface area (Å²) in [6.45, 7) is 4.29. The quantitative estimate of drug-likeness (QED) is 0.274. The van der Waals surface area contributed by atoms with Crippen molar-refractivity contribution in [3.63, 3.8) is 0 Å². The van der Waals surface area contributed by atoms with E-state index in [4.69, 9.17) is 23.2 Å². The van der Waals surface area contributed by atoms with E-state index in [0.29, 0.717) is 43.4 Å². The van der Waals surface area contributed by atoms with Crippen LogP contribution in [0, 0.1) is 0 Å². The summed E-state index contributed by atoms with van der Waals surface area (Å²) in [7, 11) is 0. The van der Waals surface area contributed by atoms with Gasteiger partial charge in [0.15, 0.2) is 0 Å².